The Morgan fingerprint density at radius 2 is 1.84 bits per heavy atom. The second-order valence-corrected chi connectivity index (χ2v) is 5.11. The van der Waals surface area contributed by atoms with Crippen molar-refractivity contribution in [1.82, 2.24) is 4.90 Å². The van der Waals surface area contributed by atoms with Crippen LogP contribution in [0.1, 0.15) is 39.2 Å². The summed E-state index contributed by atoms with van der Waals surface area (Å²) in [4.78, 5) is 2.51. The lowest BCUT2D eigenvalue weighted by atomic mass is 10.1. The Bertz CT molecular complexity index is 312. The van der Waals surface area contributed by atoms with E-state index in [1.165, 1.54) is 12.0 Å². The van der Waals surface area contributed by atoms with Crippen molar-refractivity contribution in [2.45, 2.75) is 46.1 Å². The Morgan fingerprint density at radius 3 is 2.47 bits per heavy atom. The molecule has 0 spiro atoms. The van der Waals surface area contributed by atoms with Gasteiger partial charge in [-0.05, 0) is 38.3 Å². The molecule has 1 aromatic rings. The molecule has 0 aliphatic heterocycles. The van der Waals surface area contributed by atoms with E-state index in [4.69, 9.17) is 4.74 Å². The molecule has 1 atom stereocenters. The molecule has 0 saturated heterocycles. The topological polar surface area (TPSA) is 12.5 Å². The van der Waals surface area contributed by atoms with Crippen LogP contribution >= 0.6 is 0 Å². The summed E-state index contributed by atoms with van der Waals surface area (Å²) in [6.45, 7) is 10.6. The highest BCUT2D eigenvalue weighted by Gasteiger charge is 2.11. The second-order valence-electron chi connectivity index (χ2n) is 5.11. The van der Waals surface area contributed by atoms with Gasteiger partial charge in [0.2, 0.25) is 0 Å². The first-order chi connectivity index (χ1) is 9.27. The van der Waals surface area contributed by atoms with Crippen LogP contribution in [0, 0.1) is 0 Å². The van der Waals surface area contributed by atoms with Gasteiger partial charge in [-0.25, -0.2) is 0 Å². The van der Waals surface area contributed by atoms with Crippen LogP contribution in [-0.4, -0.2) is 37.2 Å². The molecule has 2 nitrogen and oxygen atoms in total. The average molecular weight is 263 g/mol. The van der Waals surface area contributed by atoms with Crippen LogP contribution in [0.2, 0.25) is 0 Å². The van der Waals surface area contributed by atoms with E-state index >= 15 is 0 Å². The summed E-state index contributed by atoms with van der Waals surface area (Å²) in [5.41, 5.74) is 1.44. The molecule has 1 unspecified atom stereocenters. The van der Waals surface area contributed by atoms with E-state index in [0.29, 0.717) is 6.04 Å². The van der Waals surface area contributed by atoms with E-state index in [9.17, 15) is 0 Å². The molecule has 1 aromatic carbocycles. The molecule has 0 aliphatic rings. The SMILES string of the molecule is CCCOCCN(CC)C(C)CCc1ccccc1. The molecule has 0 radical (unpaired) electrons. The Labute approximate surface area is 118 Å². The molecule has 0 heterocycles. The van der Waals surface area contributed by atoms with Crippen molar-refractivity contribution in [3.05, 3.63) is 35.9 Å². The highest BCUT2D eigenvalue weighted by atomic mass is 16.5. The quantitative estimate of drug-likeness (QED) is 0.596. The molecule has 1 rings (SSSR count). The highest BCUT2D eigenvalue weighted by Crippen LogP contribution is 2.09. The van der Waals surface area contributed by atoms with E-state index < -0.39 is 0 Å². The van der Waals surface area contributed by atoms with E-state index in [2.05, 4.69) is 56.0 Å². The van der Waals surface area contributed by atoms with Gasteiger partial charge in [-0.2, -0.15) is 0 Å². The maximum Gasteiger partial charge on any atom is 0.0593 e. The zero-order valence-electron chi connectivity index (χ0n) is 12.8. The van der Waals surface area contributed by atoms with Gasteiger partial charge >= 0.3 is 0 Å². The molecule has 0 aromatic heterocycles. The largest absolute Gasteiger partial charge is 0.380 e. The number of rotatable bonds is 10. The number of aryl methyl sites for hydroxylation is 1. The third-order valence-electron chi connectivity index (χ3n) is 3.59. The number of hydrogen-bond acceptors (Lipinski definition) is 2. The number of hydrogen-bond donors (Lipinski definition) is 0. The van der Waals surface area contributed by atoms with Crippen molar-refractivity contribution in [3.8, 4) is 0 Å². The van der Waals surface area contributed by atoms with Gasteiger partial charge in [-0.1, -0.05) is 44.2 Å². The van der Waals surface area contributed by atoms with Crippen LogP contribution in [0.15, 0.2) is 30.3 Å². The minimum atomic E-state index is 0.621. The van der Waals surface area contributed by atoms with Crippen molar-refractivity contribution < 1.29 is 4.74 Å². The van der Waals surface area contributed by atoms with Crippen molar-refractivity contribution in [2.75, 3.05) is 26.3 Å². The number of nitrogens with zero attached hydrogens (tertiary/aromatic N) is 1. The number of ether oxygens (including phenoxy) is 1. The first-order valence-electron chi connectivity index (χ1n) is 7.63. The lowest BCUT2D eigenvalue weighted by Crippen LogP contribution is -2.36. The first kappa shape index (κ1) is 16.2. The number of likely N-dealkylation sites (N-methyl/N-ethyl adjacent to an activating group) is 1. The van der Waals surface area contributed by atoms with E-state index in [1.807, 2.05) is 0 Å². The summed E-state index contributed by atoms with van der Waals surface area (Å²) in [5.74, 6) is 0. The van der Waals surface area contributed by atoms with Crippen LogP contribution in [-0.2, 0) is 11.2 Å². The molecular formula is C17H29NO. The Morgan fingerprint density at radius 1 is 1.11 bits per heavy atom. The van der Waals surface area contributed by atoms with Gasteiger partial charge in [0.1, 0.15) is 0 Å². The smallest absolute Gasteiger partial charge is 0.0593 e. The van der Waals surface area contributed by atoms with Crippen LogP contribution in [0.25, 0.3) is 0 Å². The molecule has 0 fully saturated rings. The van der Waals surface area contributed by atoms with E-state index in [0.717, 1.165) is 39.1 Å². The van der Waals surface area contributed by atoms with Gasteiger partial charge in [0.25, 0.3) is 0 Å². The second kappa shape index (κ2) is 9.99. The summed E-state index contributed by atoms with van der Waals surface area (Å²) in [7, 11) is 0. The first-order valence-corrected chi connectivity index (χ1v) is 7.63. The van der Waals surface area contributed by atoms with Crippen LogP contribution in [0.5, 0.6) is 0 Å². The minimum absolute atomic E-state index is 0.621. The van der Waals surface area contributed by atoms with Crippen molar-refractivity contribution in [2.24, 2.45) is 0 Å². The fourth-order valence-corrected chi connectivity index (χ4v) is 2.32. The maximum absolute atomic E-state index is 5.59. The Kier molecular flexibility index (Phi) is 8.52. The van der Waals surface area contributed by atoms with Gasteiger partial charge in [0.05, 0.1) is 6.61 Å². The summed E-state index contributed by atoms with van der Waals surface area (Å²) >= 11 is 0. The van der Waals surface area contributed by atoms with Gasteiger partial charge < -0.3 is 4.74 Å². The monoisotopic (exact) mass is 263 g/mol. The van der Waals surface area contributed by atoms with Crippen LogP contribution < -0.4 is 0 Å². The van der Waals surface area contributed by atoms with E-state index in [1.54, 1.807) is 0 Å². The highest BCUT2D eigenvalue weighted by molar-refractivity contribution is 5.14. The molecule has 0 bridgehead atoms. The van der Waals surface area contributed by atoms with Gasteiger partial charge in [0.15, 0.2) is 0 Å². The van der Waals surface area contributed by atoms with Gasteiger partial charge in [-0.3, -0.25) is 4.90 Å². The predicted octanol–water partition coefficient (Wildman–Crippen LogP) is 3.76. The fourth-order valence-electron chi connectivity index (χ4n) is 2.32. The molecular weight excluding hydrogens is 234 g/mol. The van der Waals surface area contributed by atoms with Crippen molar-refractivity contribution in [1.29, 1.82) is 0 Å². The zero-order chi connectivity index (χ0) is 13.9. The molecule has 0 amide bonds. The third-order valence-corrected chi connectivity index (χ3v) is 3.59. The number of benzene rings is 1. The summed E-state index contributed by atoms with van der Waals surface area (Å²) < 4.78 is 5.59. The maximum atomic E-state index is 5.59. The van der Waals surface area contributed by atoms with Crippen molar-refractivity contribution >= 4 is 0 Å². The predicted molar refractivity (Wildman–Crippen MR) is 82.6 cm³/mol. The Hall–Kier alpha value is -0.860. The lowest BCUT2D eigenvalue weighted by molar-refractivity contribution is 0.0907. The van der Waals surface area contributed by atoms with Gasteiger partial charge in [-0.15, -0.1) is 0 Å². The normalized spacial score (nSPS) is 12.8. The van der Waals surface area contributed by atoms with Crippen molar-refractivity contribution in [3.63, 3.8) is 0 Å². The third kappa shape index (κ3) is 6.74. The molecule has 0 N–H and O–H groups in total. The fraction of sp³-hybridized carbons (Fsp3) is 0.647. The molecule has 108 valence electrons. The molecule has 2 heteroatoms. The van der Waals surface area contributed by atoms with Crippen LogP contribution in [0.4, 0.5) is 0 Å². The summed E-state index contributed by atoms with van der Waals surface area (Å²) in [6.07, 6.45) is 3.48. The standard InChI is InChI=1S/C17H29NO/c1-4-14-19-15-13-18(5-2)16(3)11-12-17-9-7-6-8-10-17/h6-10,16H,4-5,11-15H2,1-3H3. The molecule has 0 saturated carbocycles. The average Bonchev–Trinajstić information content (AvgIpc) is 2.46. The molecule has 19 heavy (non-hydrogen) atoms. The zero-order valence-corrected chi connectivity index (χ0v) is 12.8. The Balaban J connectivity index is 2.26. The minimum Gasteiger partial charge on any atom is -0.380 e. The summed E-state index contributed by atoms with van der Waals surface area (Å²) in [5, 5.41) is 0. The van der Waals surface area contributed by atoms with E-state index in [-0.39, 0.29) is 0 Å². The van der Waals surface area contributed by atoms with Crippen LogP contribution in [0.3, 0.4) is 0 Å². The molecule has 0 aliphatic carbocycles. The summed E-state index contributed by atoms with van der Waals surface area (Å²) in [6, 6.07) is 11.4. The van der Waals surface area contributed by atoms with Gasteiger partial charge in [0, 0.05) is 19.2 Å². The lowest BCUT2D eigenvalue weighted by Gasteiger charge is -2.27.